The van der Waals surface area contributed by atoms with Crippen LogP contribution in [-0.2, 0) is 16.8 Å². The van der Waals surface area contributed by atoms with Gasteiger partial charge in [-0.1, -0.05) is 0 Å². The molecule has 0 aliphatic rings. The van der Waals surface area contributed by atoms with E-state index >= 15 is 0 Å². The number of halogens is 2. The Kier molecular flexibility index (Phi) is 3.36. The zero-order valence-corrected chi connectivity index (χ0v) is 12.2. The molecule has 0 spiro atoms. The molecule has 0 amide bonds. The Balaban J connectivity index is 2.30. The van der Waals surface area contributed by atoms with E-state index in [4.69, 9.17) is 20.2 Å². The van der Waals surface area contributed by atoms with E-state index in [1.54, 1.807) is 69.4 Å². The van der Waals surface area contributed by atoms with Crippen LogP contribution in [0.25, 0.3) is 0 Å². The standard InChI is InChI=1S/C10H9N6.2ClH.Mn/c1-4-11-14(7-1)10(15-8-2-5-12-15)16-9-3-6-13-16;;;/h1-9H;2*1H;/q;;;+2/p-2. The molecule has 0 unspecified atom stereocenters. The quantitative estimate of drug-likeness (QED) is 0.682. The van der Waals surface area contributed by atoms with Crippen LogP contribution in [0.5, 0.6) is 0 Å². The molecule has 3 heterocycles. The van der Waals surface area contributed by atoms with Gasteiger partial charge in [-0.15, -0.1) is 0 Å². The van der Waals surface area contributed by atoms with Crippen molar-refractivity contribution in [2.24, 2.45) is 0 Å². The Morgan fingerprint density at radius 1 is 0.737 bits per heavy atom. The third kappa shape index (κ3) is 1.90. The summed E-state index contributed by atoms with van der Waals surface area (Å²) in [6.07, 6.45) is 10.4. The molecule has 0 bridgehead atoms. The van der Waals surface area contributed by atoms with Crippen LogP contribution in [0.15, 0.2) is 55.4 Å². The molecule has 0 saturated heterocycles. The van der Waals surface area contributed by atoms with Gasteiger partial charge in [-0.05, 0) is 0 Å². The van der Waals surface area contributed by atoms with Crippen molar-refractivity contribution in [3.8, 4) is 0 Å². The van der Waals surface area contributed by atoms with Crippen LogP contribution in [-0.4, -0.2) is 29.3 Å². The first kappa shape index (κ1) is 12.7. The van der Waals surface area contributed by atoms with Gasteiger partial charge in [0.15, 0.2) is 0 Å². The minimum absolute atomic E-state index is 0.980. The van der Waals surface area contributed by atoms with Crippen molar-refractivity contribution in [2.45, 2.75) is 4.69 Å². The summed E-state index contributed by atoms with van der Waals surface area (Å²) < 4.78 is 4.03. The first-order valence-corrected chi connectivity index (χ1v) is 9.13. The van der Waals surface area contributed by atoms with Crippen molar-refractivity contribution in [1.82, 2.24) is 29.3 Å². The molecule has 0 fully saturated rings. The second kappa shape index (κ2) is 5.01. The second-order valence-electron chi connectivity index (χ2n) is 3.60. The number of hydrogen-bond donors (Lipinski definition) is 0. The van der Waals surface area contributed by atoms with E-state index in [1.807, 2.05) is 0 Å². The number of rotatable bonds is 4. The van der Waals surface area contributed by atoms with E-state index < -0.39 is 16.8 Å². The van der Waals surface area contributed by atoms with Gasteiger partial charge in [0, 0.05) is 0 Å². The Morgan fingerprint density at radius 3 is 1.32 bits per heavy atom. The first-order chi connectivity index (χ1) is 9.26. The molecule has 6 nitrogen and oxygen atoms in total. The SMILES string of the molecule is [Cl][Mn]([Cl])[C](n1cccn1)(n1cccn1)n1cccn1. The Bertz CT molecular complexity index is 535. The molecule has 3 rings (SSSR count). The average molecular weight is 339 g/mol. The summed E-state index contributed by atoms with van der Waals surface area (Å²) in [6.45, 7) is 0. The molecular formula is C10H9Cl2MnN6. The fourth-order valence-corrected chi connectivity index (χ4v) is 4.52. The average Bonchev–Trinajstić information content (AvgIpc) is 3.15. The van der Waals surface area contributed by atoms with Crippen molar-refractivity contribution in [3.05, 3.63) is 55.4 Å². The topological polar surface area (TPSA) is 53.5 Å². The summed E-state index contributed by atoms with van der Waals surface area (Å²) in [4.78, 5) is 0. The van der Waals surface area contributed by atoms with Gasteiger partial charge in [0.1, 0.15) is 0 Å². The summed E-state index contributed by atoms with van der Waals surface area (Å²) >= 11 is -1.98. The summed E-state index contributed by atoms with van der Waals surface area (Å²) in [5.74, 6) is 0. The van der Waals surface area contributed by atoms with Crippen molar-refractivity contribution in [1.29, 1.82) is 0 Å². The summed E-state index contributed by atoms with van der Waals surface area (Å²) in [7, 11) is 12.7. The van der Waals surface area contributed by atoms with Crippen molar-refractivity contribution in [3.63, 3.8) is 0 Å². The molecule has 19 heavy (non-hydrogen) atoms. The molecule has 0 N–H and O–H groups in total. The molecular weight excluding hydrogens is 330 g/mol. The van der Waals surface area contributed by atoms with Gasteiger partial charge in [-0.3, -0.25) is 0 Å². The monoisotopic (exact) mass is 338 g/mol. The maximum absolute atomic E-state index is 6.36. The summed E-state index contributed by atoms with van der Waals surface area (Å²) in [6, 6.07) is 5.42. The van der Waals surface area contributed by atoms with Crippen molar-refractivity contribution < 1.29 is 12.1 Å². The number of aromatic nitrogens is 6. The van der Waals surface area contributed by atoms with Crippen LogP contribution in [0.2, 0.25) is 0 Å². The van der Waals surface area contributed by atoms with E-state index in [0.717, 1.165) is 0 Å². The van der Waals surface area contributed by atoms with Gasteiger partial charge in [0.05, 0.1) is 0 Å². The van der Waals surface area contributed by atoms with Gasteiger partial charge >= 0.3 is 122 Å². The number of nitrogens with zero attached hydrogens (tertiary/aromatic N) is 6. The normalized spacial score (nSPS) is 12.6. The van der Waals surface area contributed by atoms with Crippen molar-refractivity contribution in [2.75, 3.05) is 0 Å². The molecule has 9 heteroatoms. The van der Waals surface area contributed by atoms with E-state index in [2.05, 4.69) is 15.3 Å². The van der Waals surface area contributed by atoms with Crippen LogP contribution in [0.4, 0.5) is 0 Å². The molecule has 0 radical (unpaired) electrons. The molecule has 0 saturated carbocycles. The molecule has 0 aromatic carbocycles. The zero-order chi connectivity index (χ0) is 13.3. The fraction of sp³-hybridized carbons (Fsp3) is 0.100. The second-order valence-corrected chi connectivity index (χ2v) is 7.97. The van der Waals surface area contributed by atoms with Crippen LogP contribution in [0.3, 0.4) is 0 Å². The van der Waals surface area contributed by atoms with Gasteiger partial charge in [0.2, 0.25) is 0 Å². The first-order valence-electron chi connectivity index (χ1n) is 5.29. The van der Waals surface area contributed by atoms with E-state index in [9.17, 15) is 0 Å². The van der Waals surface area contributed by atoms with Gasteiger partial charge < -0.3 is 0 Å². The van der Waals surface area contributed by atoms with E-state index in [1.165, 1.54) is 0 Å². The zero-order valence-electron chi connectivity index (χ0n) is 9.51. The van der Waals surface area contributed by atoms with Crippen LogP contribution >= 0.6 is 20.2 Å². The predicted octanol–water partition coefficient (Wildman–Crippen LogP) is 1.87. The van der Waals surface area contributed by atoms with E-state index in [-0.39, 0.29) is 0 Å². The Labute approximate surface area is 121 Å². The minimum atomic E-state index is -1.98. The Morgan fingerprint density at radius 2 is 1.11 bits per heavy atom. The summed E-state index contributed by atoms with van der Waals surface area (Å²) in [5, 5.41) is 12.8. The van der Waals surface area contributed by atoms with Crippen LogP contribution in [0, 0.1) is 0 Å². The van der Waals surface area contributed by atoms with Crippen LogP contribution < -0.4 is 0 Å². The molecule has 3 aromatic rings. The van der Waals surface area contributed by atoms with E-state index in [0.29, 0.717) is 0 Å². The molecule has 0 atom stereocenters. The molecule has 0 aliphatic heterocycles. The Hall–Kier alpha value is -1.27. The van der Waals surface area contributed by atoms with Gasteiger partial charge in [0.25, 0.3) is 0 Å². The molecule has 0 aliphatic carbocycles. The third-order valence-electron chi connectivity index (χ3n) is 2.58. The van der Waals surface area contributed by atoms with Gasteiger partial charge in [-0.2, -0.15) is 0 Å². The predicted molar refractivity (Wildman–Crippen MR) is 67.2 cm³/mol. The summed E-state index contributed by atoms with van der Waals surface area (Å²) in [5.41, 5.74) is 0. The third-order valence-corrected chi connectivity index (χ3v) is 5.57. The fourth-order valence-electron chi connectivity index (χ4n) is 1.82. The van der Waals surface area contributed by atoms with Crippen molar-refractivity contribution >= 4 is 20.2 Å². The van der Waals surface area contributed by atoms with Crippen LogP contribution in [0.1, 0.15) is 0 Å². The van der Waals surface area contributed by atoms with Gasteiger partial charge in [-0.25, -0.2) is 0 Å². The maximum atomic E-state index is 6.36. The molecule has 3 aromatic heterocycles. The number of hydrogen-bond acceptors (Lipinski definition) is 3. The molecule has 100 valence electrons.